The molecule has 0 aliphatic rings. The Labute approximate surface area is 311 Å². The molecule has 51 heavy (non-hydrogen) atoms. The van der Waals surface area contributed by atoms with Gasteiger partial charge in [-0.05, 0) is 43.7 Å². The monoisotopic (exact) mass is 738 g/mol. The zero-order valence-corrected chi connectivity index (χ0v) is 32.0. The normalized spacial score (nSPS) is 14.5. The van der Waals surface area contributed by atoms with E-state index in [2.05, 4.69) is 39.8 Å². The molecule has 0 aliphatic carbocycles. The summed E-state index contributed by atoms with van der Waals surface area (Å²) in [6.07, 6.45) is 1.62. The second-order valence-electron chi connectivity index (χ2n) is 12.9. The Balaban J connectivity index is 1.69. The van der Waals surface area contributed by atoms with Gasteiger partial charge in [-0.15, -0.1) is 23.1 Å². The third-order valence-corrected chi connectivity index (χ3v) is 10.1. The highest BCUT2D eigenvalue weighted by Crippen LogP contribution is 2.20. The Morgan fingerprint density at radius 2 is 1.63 bits per heavy atom. The molecule has 4 N–H and O–H groups in total. The van der Waals surface area contributed by atoms with Gasteiger partial charge in [-0.25, -0.2) is 9.78 Å². The van der Waals surface area contributed by atoms with Gasteiger partial charge in [0.2, 0.25) is 12.3 Å². The number of hydrogen-bond donors (Lipinski definition) is 4. The minimum atomic E-state index is -1.18. The molecule has 3 aromatic rings. The molecule has 0 saturated heterocycles. The van der Waals surface area contributed by atoms with E-state index in [1.165, 1.54) is 4.90 Å². The van der Waals surface area contributed by atoms with Crippen LogP contribution in [0.15, 0.2) is 71.0 Å². The second kappa shape index (κ2) is 23.0. The van der Waals surface area contributed by atoms with Crippen LogP contribution in [0.5, 0.6) is 0 Å². The minimum Gasteiger partial charge on any atom is -0.356 e. The summed E-state index contributed by atoms with van der Waals surface area (Å²) in [5.74, 6) is -0.145. The van der Waals surface area contributed by atoms with E-state index in [-0.39, 0.29) is 30.3 Å². The molecule has 5 atom stereocenters. The van der Waals surface area contributed by atoms with E-state index in [0.717, 1.165) is 21.8 Å². The molecule has 278 valence electrons. The molecule has 0 saturated carbocycles. The van der Waals surface area contributed by atoms with Gasteiger partial charge in [-0.1, -0.05) is 81.4 Å². The van der Waals surface area contributed by atoms with Crippen molar-refractivity contribution in [1.29, 1.82) is 0 Å². The van der Waals surface area contributed by atoms with Crippen molar-refractivity contribution >= 4 is 46.9 Å². The highest BCUT2D eigenvalue weighted by atomic mass is 32.2. The number of thiazole rings is 1. The van der Waals surface area contributed by atoms with E-state index < -0.39 is 24.4 Å². The first-order chi connectivity index (χ1) is 24.6. The van der Waals surface area contributed by atoms with Gasteiger partial charge in [0.15, 0.2) is 0 Å². The van der Waals surface area contributed by atoms with Crippen molar-refractivity contribution in [3.05, 3.63) is 87.9 Å². The van der Waals surface area contributed by atoms with Gasteiger partial charge in [-0.2, -0.15) is 0 Å². The Bertz CT molecular complexity index is 1480. The quantitative estimate of drug-likeness (QED) is 0.0430. The van der Waals surface area contributed by atoms with Crippen molar-refractivity contribution in [3.63, 3.8) is 0 Å². The fourth-order valence-corrected chi connectivity index (χ4v) is 6.70. The largest absolute Gasteiger partial charge is 0.356 e. The summed E-state index contributed by atoms with van der Waals surface area (Å²) in [6.45, 7) is 9.45. The number of aliphatic hydroxyl groups is 1. The molecule has 13 heteroatoms. The number of urea groups is 1. The molecular weight excluding hydrogens is 685 g/mol. The number of ether oxygens (including phenoxy) is 1. The summed E-state index contributed by atoms with van der Waals surface area (Å²) >= 11 is 3.10. The van der Waals surface area contributed by atoms with Crippen LogP contribution in [-0.4, -0.2) is 88.8 Å². The van der Waals surface area contributed by atoms with Crippen LogP contribution in [-0.2, 0) is 33.7 Å². The number of aromatic nitrogens is 1. The van der Waals surface area contributed by atoms with Gasteiger partial charge in [0.1, 0.15) is 12.3 Å². The number of nitrogens with zero attached hydrogens (tertiary/aromatic N) is 3. The molecule has 0 spiro atoms. The van der Waals surface area contributed by atoms with Crippen LogP contribution >= 0.6 is 23.1 Å². The summed E-state index contributed by atoms with van der Waals surface area (Å²) in [5.41, 5.74) is 4.71. The van der Waals surface area contributed by atoms with E-state index in [9.17, 15) is 19.5 Å². The summed E-state index contributed by atoms with van der Waals surface area (Å²) in [7, 11) is 1.63. The van der Waals surface area contributed by atoms with Crippen molar-refractivity contribution < 1.29 is 24.2 Å². The van der Waals surface area contributed by atoms with Crippen LogP contribution in [0, 0.1) is 0 Å². The maximum Gasteiger partial charge on any atom is 0.318 e. The lowest BCUT2D eigenvalue weighted by Crippen LogP contribution is -2.53. The zero-order chi connectivity index (χ0) is 37.0. The SMILES string of the molecule is CCN=CSC(C)COC(O)NC(CCC(Cc1ccccc1)NC(=O)C(CC=O)NC(=O)N(C)Cc1csc(C(C)C)n1)Cc1ccccc1. The highest BCUT2D eigenvalue weighted by molar-refractivity contribution is 8.12. The topological polar surface area (TPSA) is 145 Å². The van der Waals surface area contributed by atoms with Gasteiger partial charge < -0.3 is 30.2 Å². The van der Waals surface area contributed by atoms with Crippen molar-refractivity contribution in [3.8, 4) is 0 Å². The predicted molar refractivity (Wildman–Crippen MR) is 207 cm³/mol. The lowest BCUT2D eigenvalue weighted by Gasteiger charge is -2.27. The molecule has 5 unspecified atom stereocenters. The van der Waals surface area contributed by atoms with Crippen LogP contribution in [0.1, 0.15) is 74.7 Å². The Hall–Kier alpha value is -3.62. The van der Waals surface area contributed by atoms with Crippen LogP contribution in [0.2, 0.25) is 0 Å². The standard InChI is InChI=1S/C38H54N6O5S2/c1-6-39-26-51-28(4)24-49-38(48)42-32(22-30-15-11-8-12-16-30)18-17-31(21-29-13-9-7-10-14-29)40-35(46)34(19-20-45)43-37(47)44(5)23-33-25-50-36(41-33)27(2)3/h7-16,20,25-28,31-32,34,38,42,48H,6,17-19,21-24H2,1-5H3,(H,40,46)(H,43,47). The molecule has 0 fully saturated rings. The number of nitrogens with one attached hydrogen (secondary N) is 3. The third kappa shape index (κ3) is 16.1. The number of carbonyl (C=O) groups is 3. The number of aldehydes is 1. The second-order valence-corrected chi connectivity index (χ2v) is 15.0. The number of thioether (sulfide) groups is 1. The van der Waals surface area contributed by atoms with Crippen molar-refractivity contribution in [2.24, 2.45) is 4.99 Å². The fraction of sp³-hybridized carbons (Fsp3) is 0.500. The van der Waals surface area contributed by atoms with Gasteiger partial charge in [-0.3, -0.25) is 15.1 Å². The first-order valence-corrected chi connectivity index (χ1v) is 19.4. The summed E-state index contributed by atoms with van der Waals surface area (Å²) < 4.78 is 5.74. The average molecular weight is 739 g/mol. The van der Waals surface area contributed by atoms with Gasteiger partial charge >= 0.3 is 6.03 Å². The van der Waals surface area contributed by atoms with Crippen LogP contribution < -0.4 is 16.0 Å². The number of amides is 3. The first-order valence-electron chi connectivity index (χ1n) is 17.5. The molecule has 0 bridgehead atoms. The summed E-state index contributed by atoms with van der Waals surface area (Å²) in [4.78, 5) is 48.8. The first kappa shape index (κ1) is 41.8. The lowest BCUT2D eigenvalue weighted by molar-refractivity contribution is -0.126. The summed E-state index contributed by atoms with van der Waals surface area (Å²) in [6, 6.07) is 17.8. The highest BCUT2D eigenvalue weighted by Gasteiger charge is 2.26. The van der Waals surface area contributed by atoms with E-state index in [1.807, 2.05) is 79.9 Å². The molecule has 3 rings (SSSR count). The van der Waals surface area contributed by atoms with Crippen molar-refractivity contribution in [2.45, 2.75) is 102 Å². The van der Waals surface area contributed by atoms with E-state index >= 15 is 0 Å². The maximum atomic E-state index is 13.7. The number of hydrogen-bond acceptors (Lipinski definition) is 10. The predicted octanol–water partition coefficient (Wildman–Crippen LogP) is 5.54. The summed E-state index contributed by atoms with van der Waals surface area (Å²) in [5, 5.41) is 22.9. The van der Waals surface area contributed by atoms with Gasteiger partial charge in [0.05, 0.1) is 29.4 Å². The number of carbonyl (C=O) groups excluding carboxylic acids is 3. The molecule has 2 aromatic carbocycles. The lowest BCUT2D eigenvalue weighted by atomic mass is 9.95. The third-order valence-electron chi connectivity index (χ3n) is 8.03. The van der Waals surface area contributed by atoms with Crippen molar-refractivity contribution in [1.82, 2.24) is 25.8 Å². The number of benzene rings is 2. The van der Waals surface area contributed by atoms with Crippen LogP contribution in [0.25, 0.3) is 0 Å². The zero-order valence-electron chi connectivity index (χ0n) is 30.4. The van der Waals surface area contributed by atoms with E-state index in [4.69, 9.17) is 4.74 Å². The molecule has 0 aliphatic heterocycles. The van der Waals surface area contributed by atoms with Crippen LogP contribution in [0.3, 0.4) is 0 Å². The maximum absolute atomic E-state index is 13.7. The van der Waals surface area contributed by atoms with Crippen molar-refractivity contribution in [2.75, 3.05) is 20.2 Å². The van der Waals surface area contributed by atoms with Crippen LogP contribution in [0.4, 0.5) is 4.79 Å². The molecule has 1 aromatic heterocycles. The average Bonchev–Trinajstić information content (AvgIpc) is 3.59. The molecule has 1 heterocycles. The van der Waals surface area contributed by atoms with E-state index in [0.29, 0.717) is 51.0 Å². The Morgan fingerprint density at radius 3 is 2.22 bits per heavy atom. The number of rotatable bonds is 23. The molecular formula is C38H54N6O5S2. The van der Waals surface area contributed by atoms with Gasteiger partial charge in [0, 0.05) is 48.6 Å². The smallest absolute Gasteiger partial charge is 0.318 e. The minimum absolute atomic E-state index is 0.111. The molecule has 3 amide bonds. The van der Waals surface area contributed by atoms with E-state index in [1.54, 1.807) is 35.7 Å². The Morgan fingerprint density at radius 1 is 1.00 bits per heavy atom. The van der Waals surface area contributed by atoms with Gasteiger partial charge in [0.25, 0.3) is 0 Å². The molecule has 0 radical (unpaired) electrons. The molecule has 11 nitrogen and oxygen atoms in total. The fourth-order valence-electron chi connectivity index (χ4n) is 5.27. The Kier molecular flexibility index (Phi) is 18.9. The number of aliphatic imine (C=N–C) groups is 1. The number of aliphatic hydroxyl groups excluding tert-OH is 1.